The zero-order valence-electron chi connectivity index (χ0n) is 5.63. The van der Waals surface area contributed by atoms with E-state index in [-0.39, 0.29) is 0 Å². The molecule has 4 heteroatoms. The maximum absolute atomic E-state index is 8.49. The molecule has 0 saturated heterocycles. The lowest BCUT2D eigenvalue weighted by Crippen LogP contribution is -2.07. The highest BCUT2D eigenvalue weighted by Crippen LogP contribution is 2.21. The number of hydrogen-bond donors (Lipinski definition) is 2. The van der Waals surface area contributed by atoms with Gasteiger partial charge in [-0.3, -0.25) is 5.84 Å². The van der Waals surface area contributed by atoms with Crippen LogP contribution in [0.15, 0.2) is 18.2 Å². The van der Waals surface area contributed by atoms with Gasteiger partial charge in [-0.1, -0.05) is 11.6 Å². The van der Waals surface area contributed by atoms with Crippen molar-refractivity contribution in [3.8, 4) is 6.07 Å². The second-order valence-electron chi connectivity index (χ2n) is 1.95. The lowest BCUT2D eigenvalue weighted by Gasteiger charge is -2.01. The fourth-order valence-electron chi connectivity index (χ4n) is 0.705. The second kappa shape index (κ2) is 3.24. The third-order valence-electron chi connectivity index (χ3n) is 1.25. The molecule has 1 rings (SSSR count). The molecule has 1 aromatic rings. The predicted molar refractivity (Wildman–Crippen MR) is 44.0 cm³/mol. The van der Waals surface area contributed by atoms with Crippen molar-refractivity contribution < 1.29 is 0 Å². The van der Waals surface area contributed by atoms with E-state index in [1.807, 2.05) is 6.07 Å². The number of nitriles is 1. The lowest BCUT2D eigenvalue weighted by atomic mass is 10.2. The van der Waals surface area contributed by atoms with Crippen LogP contribution in [0.25, 0.3) is 0 Å². The van der Waals surface area contributed by atoms with Crippen molar-refractivity contribution in [3.05, 3.63) is 28.8 Å². The topological polar surface area (TPSA) is 61.8 Å². The summed E-state index contributed by atoms with van der Waals surface area (Å²) in [4.78, 5) is 0. The van der Waals surface area contributed by atoms with E-state index in [9.17, 15) is 0 Å². The molecular weight excluding hydrogens is 162 g/mol. The lowest BCUT2D eigenvalue weighted by molar-refractivity contribution is 1.34. The van der Waals surface area contributed by atoms with Crippen molar-refractivity contribution in [1.29, 1.82) is 5.26 Å². The van der Waals surface area contributed by atoms with Gasteiger partial charge >= 0.3 is 0 Å². The Labute approximate surface area is 69.4 Å². The van der Waals surface area contributed by atoms with Crippen LogP contribution in [0.4, 0.5) is 5.69 Å². The van der Waals surface area contributed by atoms with Gasteiger partial charge in [0, 0.05) is 0 Å². The van der Waals surface area contributed by atoms with Gasteiger partial charge in [-0.15, -0.1) is 0 Å². The number of nitrogens with zero attached hydrogens (tertiary/aromatic N) is 1. The molecule has 0 bridgehead atoms. The van der Waals surface area contributed by atoms with Gasteiger partial charge in [0.2, 0.25) is 0 Å². The van der Waals surface area contributed by atoms with Crippen molar-refractivity contribution in [2.75, 3.05) is 5.43 Å². The first-order valence-electron chi connectivity index (χ1n) is 2.94. The summed E-state index contributed by atoms with van der Waals surface area (Å²) in [5.74, 6) is 5.13. The van der Waals surface area contributed by atoms with Gasteiger partial charge < -0.3 is 5.43 Å². The molecule has 0 spiro atoms. The van der Waals surface area contributed by atoms with Crippen LogP contribution in [0.1, 0.15) is 5.56 Å². The number of nitrogen functional groups attached to an aromatic ring is 1. The Hall–Kier alpha value is -1.24. The SMILES string of the molecule is N#Cc1ccc(Cl)c(NN)c1. The molecule has 0 aromatic heterocycles. The summed E-state index contributed by atoms with van der Waals surface area (Å²) < 4.78 is 0. The molecule has 56 valence electrons. The third kappa shape index (κ3) is 1.61. The van der Waals surface area contributed by atoms with Gasteiger partial charge in [0.25, 0.3) is 0 Å². The molecule has 1 aromatic carbocycles. The summed E-state index contributed by atoms with van der Waals surface area (Å²) >= 11 is 5.70. The Morgan fingerprint density at radius 2 is 2.27 bits per heavy atom. The fourth-order valence-corrected chi connectivity index (χ4v) is 0.878. The van der Waals surface area contributed by atoms with E-state index in [1.165, 1.54) is 0 Å². The minimum atomic E-state index is 0.506. The smallest absolute Gasteiger partial charge is 0.0992 e. The molecule has 0 fully saturated rings. The van der Waals surface area contributed by atoms with Crippen LogP contribution < -0.4 is 11.3 Å². The van der Waals surface area contributed by atoms with E-state index < -0.39 is 0 Å². The van der Waals surface area contributed by atoms with E-state index in [4.69, 9.17) is 22.7 Å². The zero-order valence-corrected chi connectivity index (χ0v) is 6.39. The summed E-state index contributed by atoms with van der Waals surface area (Å²) in [6, 6.07) is 6.81. The zero-order chi connectivity index (χ0) is 8.27. The molecule has 0 aliphatic heterocycles. The van der Waals surface area contributed by atoms with Crippen LogP contribution in [0, 0.1) is 11.3 Å². The van der Waals surface area contributed by atoms with Crippen molar-refractivity contribution >= 4 is 17.3 Å². The summed E-state index contributed by atoms with van der Waals surface area (Å²) in [5.41, 5.74) is 3.48. The van der Waals surface area contributed by atoms with E-state index >= 15 is 0 Å². The van der Waals surface area contributed by atoms with Gasteiger partial charge in [-0.2, -0.15) is 5.26 Å². The Bertz CT molecular complexity index is 303. The molecule has 3 N–H and O–H groups in total. The summed E-state index contributed by atoms with van der Waals surface area (Å²) in [5, 5.41) is 8.99. The maximum atomic E-state index is 8.49. The molecular formula is C7H6ClN3. The van der Waals surface area contributed by atoms with E-state index in [2.05, 4.69) is 5.43 Å². The minimum absolute atomic E-state index is 0.506. The molecule has 11 heavy (non-hydrogen) atoms. The van der Waals surface area contributed by atoms with Gasteiger partial charge in [-0.25, -0.2) is 0 Å². The molecule has 0 aliphatic carbocycles. The van der Waals surface area contributed by atoms with Crippen LogP contribution in [0.3, 0.4) is 0 Å². The van der Waals surface area contributed by atoms with Crippen LogP contribution >= 0.6 is 11.6 Å². The van der Waals surface area contributed by atoms with Gasteiger partial charge in [0.1, 0.15) is 0 Å². The summed E-state index contributed by atoms with van der Waals surface area (Å²) in [6.07, 6.45) is 0. The number of hydrazine groups is 1. The minimum Gasteiger partial charge on any atom is -0.323 e. The highest BCUT2D eigenvalue weighted by Gasteiger charge is 1.98. The second-order valence-corrected chi connectivity index (χ2v) is 2.36. The first kappa shape index (κ1) is 7.86. The molecule has 0 heterocycles. The largest absolute Gasteiger partial charge is 0.323 e. The third-order valence-corrected chi connectivity index (χ3v) is 1.58. The first-order chi connectivity index (χ1) is 5.27. The van der Waals surface area contributed by atoms with Crippen molar-refractivity contribution in [2.24, 2.45) is 5.84 Å². The number of benzene rings is 1. The average molecular weight is 168 g/mol. The summed E-state index contributed by atoms with van der Waals surface area (Å²) in [7, 11) is 0. The Balaban J connectivity index is 3.15. The van der Waals surface area contributed by atoms with E-state index in [0.717, 1.165) is 0 Å². The normalized spacial score (nSPS) is 8.82. The monoisotopic (exact) mass is 167 g/mol. The van der Waals surface area contributed by atoms with Crippen LogP contribution in [0.5, 0.6) is 0 Å². The number of nitrogens with one attached hydrogen (secondary N) is 1. The van der Waals surface area contributed by atoms with E-state index in [1.54, 1.807) is 18.2 Å². The number of nitrogens with two attached hydrogens (primary N) is 1. The van der Waals surface area contributed by atoms with Crippen molar-refractivity contribution in [2.45, 2.75) is 0 Å². The van der Waals surface area contributed by atoms with Crippen LogP contribution in [-0.4, -0.2) is 0 Å². The Morgan fingerprint density at radius 3 is 2.82 bits per heavy atom. The Morgan fingerprint density at radius 1 is 1.55 bits per heavy atom. The van der Waals surface area contributed by atoms with Crippen molar-refractivity contribution in [1.82, 2.24) is 0 Å². The number of halogens is 1. The summed E-state index contributed by atoms with van der Waals surface area (Å²) in [6.45, 7) is 0. The van der Waals surface area contributed by atoms with Gasteiger partial charge in [-0.05, 0) is 18.2 Å². The first-order valence-corrected chi connectivity index (χ1v) is 3.32. The fraction of sp³-hybridized carbons (Fsp3) is 0. The van der Waals surface area contributed by atoms with Gasteiger partial charge in [0.15, 0.2) is 0 Å². The maximum Gasteiger partial charge on any atom is 0.0992 e. The van der Waals surface area contributed by atoms with E-state index in [0.29, 0.717) is 16.3 Å². The molecule has 0 saturated carbocycles. The molecule has 0 radical (unpaired) electrons. The highest BCUT2D eigenvalue weighted by molar-refractivity contribution is 6.33. The predicted octanol–water partition coefficient (Wildman–Crippen LogP) is 1.50. The number of rotatable bonds is 1. The molecule has 0 amide bonds. The number of anilines is 1. The molecule has 0 unspecified atom stereocenters. The van der Waals surface area contributed by atoms with Crippen LogP contribution in [0.2, 0.25) is 5.02 Å². The van der Waals surface area contributed by atoms with Crippen LogP contribution in [-0.2, 0) is 0 Å². The van der Waals surface area contributed by atoms with Gasteiger partial charge in [0.05, 0.1) is 22.3 Å². The molecule has 0 atom stereocenters. The van der Waals surface area contributed by atoms with Crippen molar-refractivity contribution in [3.63, 3.8) is 0 Å². The molecule has 0 aliphatic rings. The number of hydrogen-bond acceptors (Lipinski definition) is 3. The Kier molecular flexibility index (Phi) is 2.32. The average Bonchev–Trinajstić information content (AvgIpc) is 2.05. The molecule has 3 nitrogen and oxygen atoms in total. The standard InChI is InChI=1S/C7H6ClN3/c8-6-2-1-5(4-9)3-7(6)11-10/h1-3,11H,10H2. The highest BCUT2D eigenvalue weighted by atomic mass is 35.5. The quantitative estimate of drug-likeness (QED) is 0.492.